The highest BCUT2D eigenvalue weighted by Crippen LogP contribution is 2.41. The van der Waals surface area contributed by atoms with Gasteiger partial charge in [-0.3, -0.25) is 9.59 Å². The van der Waals surface area contributed by atoms with Crippen molar-refractivity contribution in [3.8, 4) is 27.7 Å². The van der Waals surface area contributed by atoms with Gasteiger partial charge in [-0.25, -0.2) is 0 Å². The van der Waals surface area contributed by atoms with E-state index >= 15 is 0 Å². The molecule has 1 unspecified atom stereocenters. The van der Waals surface area contributed by atoms with E-state index in [-0.39, 0.29) is 23.2 Å². The maximum atomic E-state index is 13.7. The lowest BCUT2D eigenvalue weighted by atomic mass is 9.95. The number of ether oxygens (including phenoxy) is 1. The quantitative estimate of drug-likeness (QED) is 0.0996. The molecule has 7 heteroatoms. The van der Waals surface area contributed by atoms with Crippen molar-refractivity contribution in [3.05, 3.63) is 77.9 Å². The molecule has 4 aromatic rings. The highest BCUT2D eigenvalue weighted by Gasteiger charge is 2.22. The molecule has 0 spiro atoms. The summed E-state index contributed by atoms with van der Waals surface area (Å²) in [6.07, 6.45) is 7.26. The van der Waals surface area contributed by atoms with Crippen LogP contribution in [0.4, 0.5) is 0 Å². The van der Waals surface area contributed by atoms with Gasteiger partial charge in [0.1, 0.15) is 17.2 Å². The third kappa shape index (κ3) is 7.42. The van der Waals surface area contributed by atoms with Crippen LogP contribution >= 0.6 is 11.3 Å². The number of aliphatic carboxylic acids is 1. The number of fused-ring (bicyclic) bond motifs is 1. The van der Waals surface area contributed by atoms with Crippen LogP contribution in [-0.2, 0) is 4.79 Å². The number of rotatable bonds is 15. The Hall–Kier alpha value is -3.84. The number of carbonyl (C=O) groups is 2. The molecule has 3 N–H and O–H groups in total. The SMILES string of the molecule is CCCCC(CCCCCCOc1ccc(C(=O)c2c(-c3ccc(O)cc3)sc3cc(O)ccc23)cc1)C(=O)O. The molecule has 0 fully saturated rings. The molecule has 0 aliphatic rings. The molecule has 0 aliphatic carbocycles. The van der Waals surface area contributed by atoms with Crippen LogP contribution in [0.3, 0.4) is 0 Å². The Balaban J connectivity index is 1.35. The fourth-order valence-corrected chi connectivity index (χ4v) is 6.09. The zero-order chi connectivity index (χ0) is 28.5. The number of thiophene rings is 1. The van der Waals surface area contributed by atoms with Crippen LogP contribution in [0.25, 0.3) is 20.5 Å². The summed E-state index contributed by atoms with van der Waals surface area (Å²) in [7, 11) is 0. The predicted octanol–water partition coefficient (Wildman–Crippen LogP) is 8.43. The van der Waals surface area contributed by atoms with Crippen LogP contribution in [-0.4, -0.2) is 33.7 Å². The van der Waals surface area contributed by atoms with Crippen molar-refractivity contribution in [3.63, 3.8) is 0 Å². The topological polar surface area (TPSA) is 104 Å². The first kappa shape index (κ1) is 29.2. The fraction of sp³-hybridized carbons (Fsp3) is 0.333. The van der Waals surface area contributed by atoms with E-state index in [1.165, 1.54) is 11.3 Å². The largest absolute Gasteiger partial charge is 0.508 e. The molecule has 1 aromatic heterocycles. The molecule has 210 valence electrons. The number of phenolic OH excluding ortho intramolecular Hbond substituents is 2. The lowest BCUT2D eigenvalue weighted by Crippen LogP contribution is -2.13. The van der Waals surface area contributed by atoms with E-state index in [0.717, 1.165) is 71.9 Å². The van der Waals surface area contributed by atoms with Gasteiger partial charge >= 0.3 is 5.97 Å². The second-order valence-corrected chi connectivity index (χ2v) is 11.2. The van der Waals surface area contributed by atoms with Crippen molar-refractivity contribution >= 4 is 33.2 Å². The minimum Gasteiger partial charge on any atom is -0.508 e. The van der Waals surface area contributed by atoms with Crippen molar-refractivity contribution in [2.45, 2.75) is 58.3 Å². The van der Waals surface area contributed by atoms with Crippen molar-refractivity contribution < 1.29 is 29.6 Å². The summed E-state index contributed by atoms with van der Waals surface area (Å²) in [5.74, 6) is -0.0372. The highest BCUT2D eigenvalue weighted by molar-refractivity contribution is 7.22. The first-order chi connectivity index (χ1) is 19.4. The molecule has 0 amide bonds. The Bertz CT molecular complexity index is 1420. The van der Waals surface area contributed by atoms with Crippen LogP contribution < -0.4 is 4.74 Å². The number of carbonyl (C=O) groups excluding carboxylic acids is 1. The number of ketones is 1. The van der Waals surface area contributed by atoms with Crippen LogP contribution in [0.2, 0.25) is 0 Å². The van der Waals surface area contributed by atoms with Gasteiger partial charge in [-0.05, 0) is 91.6 Å². The summed E-state index contributed by atoms with van der Waals surface area (Å²) in [5.41, 5.74) is 1.93. The average Bonchev–Trinajstić information content (AvgIpc) is 3.32. The van der Waals surface area contributed by atoms with Gasteiger partial charge in [-0.15, -0.1) is 11.3 Å². The fourth-order valence-electron chi connectivity index (χ4n) is 4.85. The molecule has 0 saturated heterocycles. The Kier molecular flexibility index (Phi) is 10.2. The van der Waals surface area contributed by atoms with Crippen molar-refractivity contribution in [2.24, 2.45) is 5.92 Å². The van der Waals surface area contributed by atoms with Crippen molar-refractivity contribution in [1.29, 1.82) is 0 Å². The Morgan fingerprint density at radius 3 is 2.20 bits per heavy atom. The number of carboxylic acid groups (broad SMARTS) is 1. The Labute approximate surface area is 238 Å². The molecule has 3 aromatic carbocycles. The van der Waals surface area contributed by atoms with Crippen LogP contribution in [0.1, 0.15) is 74.2 Å². The molecule has 0 aliphatic heterocycles. The molecular weight excluding hydrogens is 524 g/mol. The van der Waals surface area contributed by atoms with Crippen molar-refractivity contribution in [1.82, 2.24) is 0 Å². The summed E-state index contributed by atoms with van der Waals surface area (Å²) < 4.78 is 6.69. The van der Waals surface area contributed by atoms with E-state index in [1.54, 1.807) is 66.7 Å². The van der Waals surface area contributed by atoms with E-state index in [4.69, 9.17) is 4.74 Å². The van der Waals surface area contributed by atoms with E-state index in [9.17, 15) is 24.9 Å². The smallest absolute Gasteiger partial charge is 0.306 e. The van der Waals surface area contributed by atoms with E-state index < -0.39 is 5.97 Å². The van der Waals surface area contributed by atoms with Gasteiger partial charge in [-0.2, -0.15) is 0 Å². The van der Waals surface area contributed by atoms with Crippen LogP contribution in [0.5, 0.6) is 17.2 Å². The second kappa shape index (κ2) is 14.0. The number of hydrogen-bond donors (Lipinski definition) is 3. The third-order valence-corrected chi connectivity index (χ3v) is 8.32. The monoisotopic (exact) mass is 560 g/mol. The molecule has 1 atom stereocenters. The summed E-state index contributed by atoms with van der Waals surface area (Å²) in [6, 6.07) is 18.9. The average molecular weight is 561 g/mol. The molecule has 0 saturated carbocycles. The summed E-state index contributed by atoms with van der Waals surface area (Å²) in [6.45, 7) is 2.65. The van der Waals surface area contributed by atoms with Gasteiger partial charge in [0.05, 0.1) is 12.5 Å². The Morgan fingerprint density at radius 1 is 0.825 bits per heavy atom. The highest BCUT2D eigenvalue weighted by atomic mass is 32.1. The number of phenols is 2. The molecular formula is C33H36O6S. The zero-order valence-electron chi connectivity index (χ0n) is 22.8. The van der Waals surface area contributed by atoms with Crippen LogP contribution in [0, 0.1) is 5.92 Å². The number of unbranched alkanes of at least 4 members (excludes halogenated alkanes) is 4. The molecule has 40 heavy (non-hydrogen) atoms. The van der Waals surface area contributed by atoms with E-state index in [2.05, 4.69) is 6.92 Å². The summed E-state index contributed by atoms with van der Waals surface area (Å²) >= 11 is 1.43. The number of aromatic hydroxyl groups is 2. The van der Waals surface area contributed by atoms with Gasteiger partial charge < -0.3 is 20.1 Å². The van der Waals surface area contributed by atoms with Gasteiger partial charge in [0.2, 0.25) is 0 Å². The lowest BCUT2D eigenvalue weighted by Gasteiger charge is -2.11. The second-order valence-electron chi connectivity index (χ2n) is 10.1. The maximum absolute atomic E-state index is 13.7. The molecule has 4 rings (SSSR count). The summed E-state index contributed by atoms with van der Waals surface area (Å²) in [4.78, 5) is 25.9. The van der Waals surface area contributed by atoms with E-state index in [1.807, 2.05) is 0 Å². The lowest BCUT2D eigenvalue weighted by molar-refractivity contribution is -0.142. The Morgan fingerprint density at radius 2 is 1.50 bits per heavy atom. The maximum Gasteiger partial charge on any atom is 0.306 e. The van der Waals surface area contributed by atoms with Crippen molar-refractivity contribution in [2.75, 3.05) is 6.61 Å². The first-order valence-corrected chi connectivity index (χ1v) is 14.7. The number of benzene rings is 3. The third-order valence-electron chi connectivity index (χ3n) is 7.12. The van der Waals surface area contributed by atoms with Gasteiger partial charge in [0, 0.05) is 26.1 Å². The molecule has 6 nitrogen and oxygen atoms in total. The first-order valence-electron chi connectivity index (χ1n) is 13.9. The minimum atomic E-state index is -0.679. The van der Waals surface area contributed by atoms with Gasteiger partial charge in [0.25, 0.3) is 0 Å². The normalized spacial score (nSPS) is 11.9. The number of hydrogen-bond acceptors (Lipinski definition) is 6. The minimum absolute atomic E-state index is 0.120. The standard InChI is InChI=1S/C33H36O6S/c1-2-3-8-24(33(37)38)9-6-4-5-7-20-39-27-17-12-22(13-18-27)31(36)30-28-19-16-26(35)21-29(28)40-32(30)23-10-14-25(34)15-11-23/h10-19,21,24,34-35H,2-9,20H2,1H3,(H,37,38). The molecule has 0 radical (unpaired) electrons. The molecule has 1 heterocycles. The zero-order valence-corrected chi connectivity index (χ0v) is 23.6. The predicted molar refractivity (Wildman–Crippen MR) is 160 cm³/mol. The number of carboxylic acids is 1. The van der Waals surface area contributed by atoms with Crippen LogP contribution in [0.15, 0.2) is 66.7 Å². The molecule has 0 bridgehead atoms. The summed E-state index contributed by atoms with van der Waals surface area (Å²) in [5, 5.41) is 29.8. The van der Waals surface area contributed by atoms with E-state index in [0.29, 0.717) is 23.5 Å². The van der Waals surface area contributed by atoms with Gasteiger partial charge in [0.15, 0.2) is 5.78 Å². The van der Waals surface area contributed by atoms with Gasteiger partial charge in [-0.1, -0.05) is 39.0 Å².